The third-order valence-electron chi connectivity index (χ3n) is 4.43. The van der Waals surface area contributed by atoms with E-state index in [9.17, 15) is 4.79 Å². The van der Waals surface area contributed by atoms with E-state index in [2.05, 4.69) is 20.9 Å². The van der Waals surface area contributed by atoms with Gasteiger partial charge in [-0.05, 0) is 52.4 Å². The lowest BCUT2D eigenvalue weighted by atomic mass is 9.83. The van der Waals surface area contributed by atoms with Crippen LogP contribution in [-0.4, -0.2) is 50.8 Å². The second-order valence-corrected chi connectivity index (χ2v) is 7.73. The maximum absolute atomic E-state index is 11.9. The minimum atomic E-state index is -0.219. The number of carbonyl (C=O) groups excluding carboxylic acids is 1. The predicted octanol–water partition coefficient (Wildman–Crippen LogP) is 2.05. The van der Waals surface area contributed by atoms with E-state index in [1.807, 2.05) is 27.7 Å². The Balaban J connectivity index is 2.42. The second kappa shape index (κ2) is 9.87. The fraction of sp³-hybridized carbons (Fsp3) is 0.889. The van der Waals surface area contributed by atoms with Gasteiger partial charge >= 0.3 is 0 Å². The number of nitrogens with zero attached hydrogens (tertiary/aromatic N) is 1. The van der Waals surface area contributed by atoms with Crippen LogP contribution in [0.1, 0.15) is 59.8 Å². The van der Waals surface area contributed by atoms with Crippen molar-refractivity contribution in [3.8, 4) is 0 Å². The van der Waals surface area contributed by atoms with Crippen LogP contribution in [0.5, 0.6) is 0 Å². The van der Waals surface area contributed by atoms with Crippen LogP contribution in [0, 0.1) is 5.41 Å². The van der Waals surface area contributed by atoms with E-state index in [1.54, 1.807) is 7.05 Å². The van der Waals surface area contributed by atoms with Gasteiger partial charge in [0.25, 0.3) is 0 Å². The molecule has 1 aliphatic carbocycles. The number of hydrogen-bond acceptors (Lipinski definition) is 3. The molecule has 6 heteroatoms. The number of ether oxygens (including phenoxy) is 1. The number of aliphatic imine (C=N–C) groups is 1. The Labute approximate surface area is 147 Å². The lowest BCUT2D eigenvalue weighted by Gasteiger charge is -2.30. The molecule has 0 aromatic carbocycles. The van der Waals surface area contributed by atoms with Gasteiger partial charge in [-0.25, -0.2) is 0 Å². The minimum Gasteiger partial charge on any atom is -0.382 e. The maximum Gasteiger partial charge on any atom is 0.239 e. The molecule has 1 amide bonds. The molecule has 1 saturated carbocycles. The Morgan fingerprint density at radius 2 is 1.88 bits per heavy atom. The van der Waals surface area contributed by atoms with Crippen LogP contribution < -0.4 is 16.0 Å². The third-order valence-corrected chi connectivity index (χ3v) is 4.43. The zero-order chi connectivity index (χ0) is 18.1. The molecule has 1 fully saturated rings. The summed E-state index contributed by atoms with van der Waals surface area (Å²) in [5.41, 5.74) is 0.0728. The monoisotopic (exact) mass is 340 g/mol. The van der Waals surface area contributed by atoms with Gasteiger partial charge in [0.1, 0.15) is 0 Å². The first kappa shape index (κ1) is 20.7. The molecule has 24 heavy (non-hydrogen) atoms. The van der Waals surface area contributed by atoms with Gasteiger partial charge in [-0.15, -0.1) is 0 Å². The van der Waals surface area contributed by atoms with Crippen LogP contribution in [0.25, 0.3) is 0 Å². The van der Waals surface area contributed by atoms with Gasteiger partial charge < -0.3 is 20.7 Å². The van der Waals surface area contributed by atoms with Crippen LogP contribution in [0.3, 0.4) is 0 Å². The Morgan fingerprint density at radius 1 is 1.21 bits per heavy atom. The van der Waals surface area contributed by atoms with E-state index >= 15 is 0 Å². The first-order valence-electron chi connectivity index (χ1n) is 9.13. The SMILES string of the molecule is CCOCCC1(CNC(=NC)NCC(=O)NC(C)(C)C)CCCC1. The molecule has 1 aliphatic rings. The summed E-state index contributed by atoms with van der Waals surface area (Å²) in [5, 5.41) is 9.43. The third kappa shape index (κ3) is 7.99. The lowest BCUT2D eigenvalue weighted by molar-refractivity contribution is -0.121. The van der Waals surface area contributed by atoms with Crippen molar-refractivity contribution in [1.82, 2.24) is 16.0 Å². The highest BCUT2D eigenvalue weighted by Gasteiger charge is 2.33. The average Bonchev–Trinajstić information content (AvgIpc) is 2.95. The van der Waals surface area contributed by atoms with E-state index in [4.69, 9.17) is 4.74 Å². The maximum atomic E-state index is 11.9. The van der Waals surface area contributed by atoms with Crippen molar-refractivity contribution in [3.63, 3.8) is 0 Å². The van der Waals surface area contributed by atoms with Crippen molar-refractivity contribution in [2.75, 3.05) is 33.4 Å². The van der Waals surface area contributed by atoms with Crippen LogP contribution in [0.4, 0.5) is 0 Å². The zero-order valence-electron chi connectivity index (χ0n) is 16.1. The van der Waals surface area contributed by atoms with Gasteiger partial charge in [0.05, 0.1) is 6.54 Å². The summed E-state index contributed by atoms with van der Waals surface area (Å²) in [4.78, 5) is 16.1. The molecule has 0 bridgehead atoms. The number of carbonyl (C=O) groups is 1. The normalized spacial score (nSPS) is 17.6. The quantitative estimate of drug-likeness (QED) is 0.359. The summed E-state index contributed by atoms with van der Waals surface area (Å²) in [6, 6.07) is 0. The van der Waals surface area contributed by atoms with Crippen LogP contribution >= 0.6 is 0 Å². The molecule has 0 radical (unpaired) electrons. The second-order valence-electron chi connectivity index (χ2n) is 7.73. The molecule has 0 aromatic heterocycles. The topological polar surface area (TPSA) is 74.8 Å². The smallest absolute Gasteiger partial charge is 0.239 e. The summed E-state index contributed by atoms with van der Waals surface area (Å²) < 4.78 is 5.55. The first-order chi connectivity index (χ1) is 11.3. The molecule has 0 unspecified atom stereocenters. The number of nitrogens with one attached hydrogen (secondary N) is 3. The Hall–Kier alpha value is -1.30. The predicted molar refractivity (Wildman–Crippen MR) is 99.3 cm³/mol. The summed E-state index contributed by atoms with van der Waals surface area (Å²) in [6.45, 7) is 10.6. The number of hydrogen-bond donors (Lipinski definition) is 3. The van der Waals surface area contributed by atoms with E-state index in [-0.39, 0.29) is 18.0 Å². The molecule has 3 N–H and O–H groups in total. The number of guanidine groups is 1. The molecular weight excluding hydrogens is 304 g/mol. The van der Waals surface area contributed by atoms with Crippen molar-refractivity contribution in [2.24, 2.45) is 10.4 Å². The molecular formula is C18H36N4O2. The Bertz CT molecular complexity index is 410. The summed E-state index contributed by atoms with van der Waals surface area (Å²) in [6.07, 6.45) is 6.11. The molecule has 6 nitrogen and oxygen atoms in total. The zero-order valence-corrected chi connectivity index (χ0v) is 16.1. The summed E-state index contributed by atoms with van der Waals surface area (Å²) in [7, 11) is 1.73. The first-order valence-corrected chi connectivity index (χ1v) is 9.13. The van der Waals surface area contributed by atoms with Crippen molar-refractivity contribution in [1.29, 1.82) is 0 Å². The molecule has 0 aromatic rings. The molecule has 0 atom stereocenters. The van der Waals surface area contributed by atoms with E-state index in [0.29, 0.717) is 11.4 Å². The van der Waals surface area contributed by atoms with Crippen molar-refractivity contribution in [3.05, 3.63) is 0 Å². The lowest BCUT2D eigenvalue weighted by Crippen LogP contribution is -2.49. The van der Waals surface area contributed by atoms with Crippen molar-refractivity contribution < 1.29 is 9.53 Å². The van der Waals surface area contributed by atoms with Crippen LogP contribution in [0.15, 0.2) is 4.99 Å². The largest absolute Gasteiger partial charge is 0.382 e. The molecule has 0 saturated heterocycles. The highest BCUT2D eigenvalue weighted by atomic mass is 16.5. The van der Waals surface area contributed by atoms with E-state index < -0.39 is 0 Å². The van der Waals surface area contributed by atoms with Gasteiger partial charge in [-0.2, -0.15) is 0 Å². The number of rotatable bonds is 8. The van der Waals surface area contributed by atoms with E-state index in [1.165, 1.54) is 25.7 Å². The highest BCUT2D eigenvalue weighted by Crippen LogP contribution is 2.40. The van der Waals surface area contributed by atoms with Crippen molar-refractivity contribution in [2.45, 2.75) is 65.3 Å². The van der Waals surface area contributed by atoms with Gasteiger partial charge in [-0.3, -0.25) is 9.79 Å². The Kier molecular flexibility index (Phi) is 8.53. The summed E-state index contributed by atoms with van der Waals surface area (Å²) >= 11 is 0. The molecule has 140 valence electrons. The van der Waals surface area contributed by atoms with Gasteiger partial charge in [0, 0.05) is 32.3 Å². The van der Waals surface area contributed by atoms with E-state index in [0.717, 1.165) is 26.2 Å². The standard InChI is InChI=1S/C18H36N4O2/c1-6-24-12-11-18(9-7-8-10-18)14-21-16(19-5)20-13-15(23)22-17(2,3)4/h6-14H2,1-5H3,(H,22,23)(H2,19,20,21). The van der Waals surface area contributed by atoms with Gasteiger partial charge in [-0.1, -0.05) is 12.8 Å². The van der Waals surface area contributed by atoms with Gasteiger partial charge in [0.2, 0.25) is 5.91 Å². The Morgan fingerprint density at radius 3 is 2.42 bits per heavy atom. The molecule has 0 aliphatic heterocycles. The summed E-state index contributed by atoms with van der Waals surface area (Å²) in [5.74, 6) is 0.652. The van der Waals surface area contributed by atoms with Crippen LogP contribution in [0.2, 0.25) is 0 Å². The van der Waals surface area contributed by atoms with Gasteiger partial charge in [0.15, 0.2) is 5.96 Å². The average molecular weight is 341 g/mol. The van der Waals surface area contributed by atoms with Crippen molar-refractivity contribution >= 4 is 11.9 Å². The molecule has 0 spiro atoms. The molecule has 0 heterocycles. The van der Waals surface area contributed by atoms with Crippen LogP contribution in [-0.2, 0) is 9.53 Å². The number of amides is 1. The fourth-order valence-corrected chi connectivity index (χ4v) is 3.19. The molecule has 1 rings (SSSR count). The minimum absolute atomic E-state index is 0.0302. The fourth-order valence-electron chi connectivity index (χ4n) is 3.19. The highest BCUT2D eigenvalue weighted by molar-refractivity contribution is 5.86.